The maximum atomic E-state index is 12.3. The van der Waals surface area contributed by atoms with Crippen molar-refractivity contribution >= 4 is 5.91 Å². The molecule has 0 bridgehead atoms. The van der Waals surface area contributed by atoms with Gasteiger partial charge in [0.2, 0.25) is 0 Å². The van der Waals surface area contributed by atoms with E-state index in [0.29, 0.717) is 25.3 Å². The van der Waals surface area contributed by atoms with Crippen molar-refractivity contribution in [2.45, 2.75) is 19.4 Å². The van der Waals surface area contributed by atoms with E-state index >= 15 is 0 Å². The van der Waals surface area contributed by atoms with Crippen LogP contribution in [0.3, 0.4) is 0 Å². The first-order valence-corrected chi connectivity index (χ1v) is 7.98. The van der Waals surface area contributed by atoms with E-state index in [0.717, 1.165) is 12.2 Å². The molecule has 0 saturated heterocycles. The summed E-state index contributed by atoms with van der Waals surface area (Å²) in [5.41, 5.74) is 3.10. The Morgan fingerprint density at radius 2 is 2.00 bits per heavy atom. The number of carbonyl (C=O) groups is 1. The standard InChI is InChI=1S/C19H21NO3/c1-2-22-16-9-7-15(8-10-16)19(21)20-13-18-17-6-4-3-5-14(17)11-12-23-18/h3-10,18H,2,11-13H2,1H3,(H,20,21)/t18-/m1/s1. The van der Waals surface area contributed by atoms with Crippen LogP contribution in [0.2, 0.25) is 0 Å². The minimum atomic E-state index is -0.0975. The highest BCUT2D eigenvalue weighted by molar-refractivity contribution is 5.94. The predicted octanol–water partition coefficient (Wildman–Crippen LogP) is 3.13. The predicted molar refractivity (Wildman–Crippen MR) is 88.8 cm³/mol. The fourth-order valence-electron chi connectivity index (χ4n) is 2.80. The summed E-state index contributed by atoms with van der Waals surface area (Å²) in [7, 11) is 0. The second-order valence-corrected chi connectivity index (χ2v) is 5.48. The Morgan fingerprint density at radius 1 is 1.22 bits per heavy atom. The zero-order valence-corrected chi connectivity index (χ0v) is 13.2. The van der Waals surface area contributed by atoms with Gasteiger partial charge in [-0.15, -0.1) is 0 Å². The molecule has 1 heterocycles. The monoisotopic (exact) mass is 311 g/mol. The number of carbonyl (C=O) groups excluding carboxylic acids is 1. The molecule has 1 aliphatic rings. The van der Waals surface area contributed by atoms with Crippen LogP contribution in [-0.2, 0) is 11.2 Å². The van der Waals surface area contributed by atoms with Crippen molar-refractivity contribution in [2.75, 3.05) is 19.8 Å². The van der Waals surface area contributed by atoms with Gasteiger partial charge in [-0.3, -0.25) is 4.79 Å². The van der Waals surface area contributed by atoms with Crippen LogP contribution in [0.15, 0.2) is 48.5 Å². The maximum absolute atomic E-state index is 12.3. The molecule has 0 saturated carbocycles. The number of amides is 1. The summed E-state index contributed by atoms with van der Waals surface area (Å²) in [6.07, 6.45) is 0.853. The smallest absolute Gasteiger partial charge is 0.251 e. The van der Waals surface area contributed by atoms with Gasteiger partial charge in [0.1, 0.15) is 11.9 Å². The Morgan fingerprint density at radius 3 is 2.78 bits per heavy atom. The van der Waals surface area contributed by atoms with Gasteiger partial charge >= 0.3 is 0 Å². The molecule has 2 aromatic rings. The number of hydrogen-bond donors (Lipinski definition) is 1. The summed E-state index contributed by atoms with van der Waals surface area (Å²) in [6, 6.07) is 15.4. The molecule has 0 spiro atoms. The lowest BCUT2D eigenvalue weighted by Gasteiger charge is -2.26. The lowest BCUT2D eigenvalue weighted by Crippen LogP contribution is -2.31. The molecule has 0 radical (unpaired) electrons. The summed E-state index contributed by atoms with van der Waals surface area (Å²) in [5, 5.41) is 2.96. The van der Waals surface area contributed by atoms with Crippen LogP contribution in [0.5, 0.6) is 5.75 Å². The van der Waals surface area contributed by atoms with Gasteiger partial charge in [-0.1, -0.05) is 24.3 Å². The highest BCUT2D eigenvalue weighted by Crippen LogP contribution is 2.26. The molecular formula is C19H21NO3. The Kier molecular flexibility index (Phi) is 4.93. The maximum Gasteiger partial charge on any atom is 0.251 e. The van der Waals surface area contributed by atoms with Crippen LogP contribution in [0.4, 0.5) is 0 Å². The third-order valence-corrected chi connectivity index (χ3v) is 3.97. The summed E-state index contributed by atoms with van der Waals surface area (Å²) >= 11 is 0. The van der Waals surface area contributed by atoms with Crippen molar-refractivity contribution in [3.63, 3.8) is 0 Å². The Hall–Kier alpha value is -2.33. The lowest BCUT2D eigenvalue weighted by molar-refractivity contribution is 0.0411. The van der Waals surface area contributed by atoms with Crippen LogP contribution < -0.4 is 10.1 Å². The number of benzene rings is 2. The number of fused-ring (bicyclic) bond motifs is 1. The van der Waals surface area contributed by atoms with Crippen LogP contribution in [0.1, 0.15) is 34.5 Å². The largest absolute Gasteiger partial charge is 0.494 e. The van der Waals surface area contributed by atoms with E-state index in [1.54, 1.807) is 12.1 Å². The van der Waals surface area contributed by atoms with E-state index in [1.807, 2.05) is 31.2 Å². The molecule has 0 aliphatic carbocycles. The minimum Gasteiger partial charge on any atom is -0.494 e. The first-order chi connectivity index (χ1) is 11.3. The lowest BCUT2D eigenvalue weighted by atomic mass is 9.97. The van der Waals surface area contributed by atoms with E-state index in [-0.39, 0.29) is 12.0 Å². The second kappa shape index (κ2) is 7.29. The van der Waals surface area contributed by atoms with Gasteiger partial charge in [0, 0.05) is 12.1 Å². The second-order valence-electron chi connectivity index (χ2n) is 5.48. The molecule has 0 aromatic heterocycles. The van der Waals surface area contributed by atoms with E-state index in [1.165, 1.54) is 11.1 Å². The van der Waals surface area contributed by atoms with Crippen molar-refractivity contribution in [3.8, 4) is 5.75 Å². The van der Waals surface area contributed by atoms with E-state index in [4.69, 9.17) is 9.47 Å². The van der Waals surface area contributed by atoms with Gasteiger partial charge in [0.25, 0.3) is 5.91 Å². The summed E-state index contributed by atoms with van der Waals surface area (Å²) < 4.78 is 11.2. The van der Waals surface area contributed by atoms with Crippen LogP contribution in [0.25, 0.3) is 0 Å². The van der Waals surface area contributed by atoms with Gasteiger partial charge in [-0.05, 0) is 48.7 Å². The van der Waals surface area contributed by atoms with Gasteiger partial charge in [-0.2, -0.15) is 0 Å². The van der Waals surface area contributed by atoms with Gasteiger partial charge in [0.05, 0.1) is 13.2 Å². The molecule has 0 fully saturated rings. The van der Waals surface area contributed by atoms with Gasteiger partial charge in [0.15, 0.2) is 0 Å². The molecule has 4 heteroatoms. The molecule has 2 aromatic carbocycles. The average Bonchev–Trinajstić information content (AvgIpc) is 2.60. The minimum absolute atomic E-state index is 0.0772. The SMILES string of the molecule is CCOc1ccc(C(=O)NC[C@H]2OCCc3ccccc32)cc1. The van der Waals surface area contributed by atoms with E-state index < -0.39 is 0 Å². The molecule has 1 aliphatic heterocycles. The fraction of sp³-hybridized carbons (Fsp3) is 0.316. The third kappa shape index (κ3) is 3.71. The van der Waals surface area contributed by atoms with E-state index in [2.05, 4.69) is 17.4 Å². The van der Waals surface area contributed by atoms with Crippen molar-refractivity contribution in [3.05, 3.63) is 65.2 Å². The van der Waals surface area contributed by atoms with Crippen molar-refractivity contribution < 1.29 is 14.3 Å². The zero-order chi connectivity index (χ0) is 16.1. The molecule has 1 atom stereocenters. The third-order valence-electron chi connectivity index (χ3n) is 3.97. The van der Waals surface area contributed by atoms with Crippen LogP contribution in [0, 0.1) is 0 Å². The zero-order valence-electron chi connectivity index (χ0n) is 13.2. The summed E-state index contributed by atoms with van der Waals surface area (Å²) in [5.74, 6) is 0.674. The Bertz CT molecular complexity index is 667. The molecule has 4 nitrogen and oxygen atoms in total. The molecule has 0 unspecified atom stereocenters. The molecule has 3 rings (SSSR count). The topological polar surface area (TPSA) is 47.6 Å². The van der Waals surface area contributed by atoms with Gasteiger partial charge < -0.3 is 14.8 Å². The quantitative estimate of drug-likeness (QED) is 0.923. The molecule has 120 valence electrons. The number of rotatable bonds is 5. The van der Waals surface area contributed by atoms with Crippen molar-refractivity contribution in [1.82, 2.24) is 5.32 Å². The Balaban J connectivity index is 1.61. The summed E-state index contributed by atoms with van der Waals surface area (Å²) in [4.78, 5) is 12.3. The van der Waals surface area contributed by atoms with Crippen molar-refractivity contribution in [1.29, 1.82) is 0 Å². The first kappa shape index (κ1) is 15.6. The average molecular weight is 311 g/mol. The van der Waals surface area contributed by atoms with Crippen LogP contribution in [-0.4, -0.2) is 25.7 Å². The highest BCUT2D eigenvalue weighted by Gasteiger charge is 2.21. The number of nitrogens with one attached hydrogen (secondary N) is 1. The molecular weight excluding hydrogens is 290 g/mol. The molecule has 23 heavy (non-hydrogen) atoms. The fourth-order valence-corrected chi connectivity index (χ4v) is 2.80. The van der Waals surface area contributed by atoms with Crippen molar-refractivity contribution in [2.24, 2.45) is 0 Å². The number of ether oxygens (including phenoxy) is 2. The van der Waals surface area contributed by atoms with E-state index in [9.17, 15) is 4.79 Å². The molecule has 1 amide bonds. The normalized spacial score (nSPS) is 16.5. The highest BCUT2D eigenvalue weighted by atomic mass is 16.5. The number of hydrogen-bond acceptors (Lipinski definition) is 3. The van der Waals surface area contributed by atoms with Gasteiger partial charge in [-0.25, -0.2) is 0 Å². The van der Waals surface area contributed by atoms with Crippen LogP contribution >= 0.6 is 0 Å². The Labute approximate surface area is 136 Å². The molecule has 1 N–H and O–H groups in total. The summed E-state index contributed by atoms with van der Waals surface area (Å²) in [6.45, 7) is 3.72. The first-order valence-electron chi connectivity index (χ1n) is 7.98.